The quantitative estimate of drug-likeness (QED) is 0.735. The fourth-order valence-electron chi connectivity index (χ4n) is 4.67. The van der Waals surface area contributed by atoms with E-state index < -0.39 is 0 Å². The van der Waals surface area contributed by atoms with Crippen molar-refractivity contribution >= 4 is 5.91 Å². The van der Waals surface area contributed by atoms with E-state index >= 15 is 0 Å². The SMILES string of the molecule is O=C([C@H]1CN(C[C@@H]2CC=CCC2)[C@@H]2CCO[C@H]12)N1CCOCC1. The van der Waals surface area contributed by atoms with E-state index in [2.05, 4.69) is 17.1 Å². The Morgan fingerprint density at radius 2 is 2.00 bits per heavy atom. The largest absolute Gasteiger partial charge is 0.378 e. The molecule has 23 heavy (non-hydrogen) atoms. The van der Waals surface area contributed by atoms with Gasteiger partial charge in [-0.25, -0.2) is 0 Å². The number of nitrogens with zero attached hydrogens (tertiary/aromatic N) is 2. The third-order valence-electron chi connectivity index (χ3n) is 5.91. The Morgan fingerprint density at radius 1 is 1.13 bits per heavy atom. The molecule has 4 aliphatic rings. The fourth-order valence-corrected chi connectivity index (χ4v) is 4.67. The number of morpholine rings is 1. The molecule has 0 radical (unpaired) electrons. The molecule has 0 aromatic rings. The van der Waals surface area contributed by atoms with Gasteiger partial charge in [-0.15, -0.1) is 0 Å². The van der Waals surface area contributed by atoms with Gasteiger partial charge in [-0.1, -0.05) is 12.2 Å². The van der Waals surface area contributed by atoms with Crippen LogP contribution in [-0.2, 0) is 14.3 Å². The lowest BCUT2D eigenvalue weighted by Gasteiger charge is -2.30. The maximum Gasteiger partial charge on any atom is 0.229 e. The van der Waals surface area contributed by atoms with Gasteiger partial charge in [0.15, 0.2) is 0 Å². The first-order valence-corrected chi connectivity index (χ1v) is 9.20. The fraction of sp³-hybridized carbons (Fsp3) is 0.833. The molecular formula is C18H28N2O3. The topological polar surface area (TPSA) is 42.0 Å². The average Bonchev–Trinajstić information content (AvgIpc) is 3.20. The highest BCUT2D eigenvalue weighted by atomic mass is 16.5. The second-order valence-corrected chi connectivity index (χ2v) is 7.34. The molecule has 0 unspecified atom stereocenters. The normalized spacial score (nSPS) is 38.0. The first kappa shape index (κ1) is 15.6. The molecule has 4 atom stereocenters. The van der Waals surface area contributed by atoms with E-state index in [1.54, 1.807) is 0 Å². The Morgan fingerprint density at radius 3 is 2.78 bits per heavy atom. The van der Waals surface area contributed by atoms with E-state index in [0.717, 1.165) is 45.1 Å². The number of carbonyl (C=O) groups excluding carboxylic acids is 1. The number of hydrogen-bond acceptors (Lipinski definition) is 4. The lowest BCUT2D eigenvalue weighted by atomic mass is 9.93. The van der Waals surface area contributed by atoms with E-state index in [1.807, 2.05) is 4.90 Å². The van der Waals surface area contributed by atoms with Gasteiger partial charge in [0.2, 0.25) is 5.91 Å². The van der Waals surface area contributed by atoms with Crippen molar-refractivity contribution in [2.24, 2.45) is 11.8 Å². The summed E-state index contributed by atoms with van der Waals surface area (Å²) < 4.78 is 11.4. The van der Waals surface area contributed by atoms with Crippen molar-refractivity contribution in [3.8, 4) is 0 Å². The third-order valence-corrected chi connectivity index (χ3v) is 5.91. The van der Waals surface area contributed by atoms with Crippen LogP contribution in [0.4, 0.5) is 0 Å². The van der Waals surface area contributed by atoms with Gasteiger partial charge in [0.1, 0.15) is 0 Å². The van der Waals surface area contributed by atoms with Gasteiger partial charge >= 0.3 is 0 Å². The molecular weight excluding hydrogens is 292 g/mol. The number of hydrogen-bond donors (Lipinski definition) is 0. The van der Waals surface area contributed by atoms with Crippen molar-refractivity contribution in [2.45, 2.75) is 37.8 Å². The molecule has 0 spiro atoms. The second kappa shape index (κ2) is 6.91. The number of carbonyl (C=O) groups is 1. The molecule has 0 aromatic heterocycles. The zero-order valence-electron chi connectivity index (χ0n) is 13.9. The van der Waals surface area contributed by atoms with Gasteiger partial charge < -0.3 is 14.4 Å². The first-order chi connectivity index (χ1) is 11.3. The molecule has 1 amide bonds. The summed E-state index contributed by atoms with van der Waals surface area (Å²) >= 11 is 0. The van der Waals surface area contributed by atoms with Crippen LogP contribution >= 0.6 is 0 Å². The molecule has 3 saturated heterocycles. The van der Waals surface area contributed by atoms with E-state index in [1.165, 1.54) is 19.3 Å². The van der Waals surface area contributed by atoms with Crippen LogP contribution < -0.4 is 0 Å². The minimum absolute atomic E-state index is 0.0275. The van der Waals surface area contributed by atoms with Crippen LogP contribution in [0.3, 0.4) is 0 Å². The van der Waals surface area contributed by atoms with Crippen molar-refractivity contribution < 1.29 is 14.3 Å². The summed E-state index contributed by atoms with van der Waals surface area (Å²) in [5.41, 5.74) is 0. The van der Waals surface area contributed by atoms with Crippen LogP contribution in [0.5, 0.6) is 0 Å². The van der Waals surface area contributed by atoms with Crippen molar-refractivity contribution in [3.05, 3.63) is 12.2 Å². The van der Waals surface area contributed by atoms with E-state index in [4.69, 9.17) is 9.47 Å². The second-order valence-electron chi connectivity index (χ2n) is 7.34. The Bertz CT molecular complexity index is 461. The minimum atomic E-state index is 0.0275. The van der Waals surface area contributed by atoms with Crippen molar-refractivity contribution in [3.63, 3.8) is 0 Å². The summed E-state index contributed by atoms with van der Waals surface area (Å²) in [7, 11) is 0. The predicted octanol–water partition coefficient (Wildman–Crippen LogP) is 1.29. The molecule has 0 N–H and O–H groups in total. The molecule has 3 heterocycles. The van der Waals surface area contributed by atoms with Gasteiger partial charge in [-0.05, 0) is 31.6 Å². The molecule has 5 nitrogen and oxygen atoms in total. The molecule has 3 aliphatic heterocycles. The maximum atomic E-state index is 12.9. The number of likely N-dealkylation sites (tertiary alicyclic amines) is 1. The van der Waals surface area contributed by atoms with Crippen LogP contribution in [0.25, 0.3) is 0 Å². The van der Waals surface area contributed by atoms with Gasteiger partial charge in [0, 0.05) is 38.8 Å². The molecule has 4 rings (SSSR count). The van der Waals surface area contributed by atoms with Crippen LogP contribution in [-0.4, -0.2) is 73.9 Å². The molecule has 0 saturated carbocycles. The summed E-state index contributed by atoms with van der Waals surface area (Å²) in [6.07, 6.45) is 9.50. The average molecular weight is 320 g/mol. The Kier molecular flexibility index (Phi) is 4.69. The summed E-state index contributed by atoms with van der Waals surface area (Å²) in [6, 6.07) is 0.455. The predicted molar refractivity (Wildman–Crippen MR) is 87.1 cm³/mol. The first-order valence-electron chi connectivity index (χ1n) is 9.20. The number of allylic oxidation sites excluding steroid dienone is 2. The summed E-state index contributed by atoms with van der Waals surface area (Å²) in [4.78, 5) is 17.5. The van der Waals surface area contributed by atoms with Gasteiger partial charge in [0.05, 0.1) is 25.2 Å². The Hall–Kier alpha value is -0.910. The number of ether oxygens (including phenoxy) is 2. The van der Waals surface area contributed by atoms with Crippen LogP contribution in [0, 0.1) is 11.8 Å². The standard InChI is InChI=1S/C18H28N2O3/c21-18(19-7-10-22-11-8-19)15-13-20(16-6-9-23-17(15)16)12-14-4-2-1-3-5-14/h1-2,14-17H,3-13H2/t14-,15+,16-,17-/m1/s1. The molecule has 0 aromatic carbocycles. The lowest BCUT2D eigenvalue weighted by Crippen LogP contribution is -2.46. The number of fused-ring (bicyclic) bond motifs is 1. The molecule has 128 valence electrons. The Labute approximate surface area is 138 Å². The van der Waals surface area contributed by atoms with Crippen LogP contribution in [0.2, 0.25) is 0 Å². The highest BCUT2D eigenvalue weighted by Gasteiger charge is 2.49. The number of rotatable bonds is 3. The number of amides is 1. The zero-order valence-corrected chi connectivity index (χ0v) is 13.9. The van der Waals surface area contributed by atoms with Gasteiger partial charge in [0.25, 0.3) is 0 Å². The monoisotopic (exact) mass is 320 g/mol. The van der Waals surface area contributed by atoms with Gasteiger partial charge in [-0.2, -0.15) is 0 Å². The summed E-state index contributed by atoms with van der Waals surface area (Å²) in [6.45, 7) is 5.63. The highest BCUT2D eigenvalue weighted by Crippen LogP contribution is 2.36. The highest BCUT2D eigenvalue weighted by molar-refractivity contribution is 5.80. The van der Waals surface area contributed by atoms with Crippen molar-refractivity contribution in [1.29, 1.82) is 0 Å². The summed E-state index contributed by atoms with van der Waals surface area (Å²) in [5.74, 6) is 1.06. The zero-order chi connectivity index (χ0) is 15.6. The minimum Gasteiger partial charge on any atom is -0.378 e. The van der Waals surface area contributed by atoms with E-state index in [-0.39, 0.29) is 17.9 Å². The summed E-state index contributed by atoms with van der Waals surface area (Å²) in [5, 5.41) is 0. The van der Waals surface area contributed by atoms with Crippen molar-refractivity contribution in [1.82, 2.24) is 9.80 Å². The van der Waals surface area contributed by atoms with Crippen LogP contribution in [0.1, 0.15) is 25.7 Å². The molecule has 0 bridgehead atoms. The lowest BCUT2D eigenvalue weighted by molar-refractivity contribution is -0.142. The molecule has 3 fully saturated rings. The smallest absolute Gasteiger partial charge is 0.229 e. The molecule has 5 heteroatoms. The Balaban J connectivity index is 1.42. The van der Waals surface area contributed by atoms with Gasteiger partial charge in [-0.3, -0.25) is 9.69 Å². The van der Waals surface area contributed by atoms with E-state index in [0.29, 0.717) is 19.3 Å². The third kappa shape index (κ3) is 3.19. The molecule has 1 aliphatic carbocycles. The van der Waals surface area contributed by atoms with Crippen molar-refractivity contribution in [2.75, 3.05) is 46.0 Å². The maximum absolute atomic E-state index is 12.9. The van der Waals surface area contributed by atoms with E-state index in [9.17, 15) is 4.79 Å². The van der Waals surface area contributed by atoms with Crippen LogP contribution in [0.15, 0.2) is 12.2 Å².